The van der Waals surface area contributed by atoms with Gasteiger partial charge in [0.1, 0.15) is 6.54 Å². The lowest BCUT2D eigenvalue weighted by Crippen LogP contribution is -3.12. The zero-order chi connectivity index (χ0) is 18.6. The second-order valence-corrected chi connectivity index (χ2v) is 7.38. The van der Waals surface area contributed by atoms with E-state index in [2.05, 4.69) is 45.7 Å². The molecule has 1 aromatic rings. The summed E-state index contributed by atoms with van der Waals surface area (Å²) in [7, 11) is 1.43. The number of hydrogen-bond donors (Lipinski definition) is 3. The van der Waals surface area contributed by atoms with Crippen molar-refractivity contribution in [3.63, 3.8) is 0 Å². The number of quaternary nitrogens is 1. The Bertz CT molecular complexity index is 545. The Morgan fingerprint density at radius 2 is 1.92 bits per heavy atom. The van der Waals surface area contributed by atoms with Crippen molar-refractivity contribution in [3.8, 4) is 0 Å². The van der Waals surface area contributed by atoms with Crippen molar-refractivity contribution in [1.29, 1.82) is 0 Å². The molecule has 144 valence electrons. The smallest absolute Gasteiger partial charge is 0.305 e. The number of ether oxygens (including phenoxy) is 1. The number of hydrogen-bond acceptors (Lipinski definition) is 3. The molecule has 0 saturated carbocycles. The van der Waals surface area contributed by atoms with E-state index in [9.17, 15) is 4.79 Å². The van der Waals surface area contributed by atoms with Crippen molar-refractivity contribution in [2.45, 2.75) is 51.1 Å². The predicted molar refractivity (Wildman–Crippen MR) is 108 cm³/mol. The van der Waals surface area contributed by atoms with E-state index in [-0.39, 0.29) is 5.97 Å². The lowest BCUT2D eigenvalue weighted by atomic mass is 10.0. The Morgan fingerprint density at radius 3 is 2.62 bits per heavy atom. The molecular weight excluding hydrogens is 346 g/mol. The van der Waals surface area contributed by atoms with Gasteiger partial charge in [0.25, 0.3) is 0 Å². The number of nitrogens with one attached hydrogen (secondary N) is 3. The summed E-state index contributed by atoms with van der Waals surface area (Å²) in [5, 5.41) is 7.49. The molecule has 2 rings (SSSR count). The van der Waals surface area contributed by atoms with Crippen LogP contribution in [0.4, 0.5) is 0 Å². The van der Waals surface area contributed by atoms with E-state index in [0.717, 1.165) is 50.3 Å². The van der Waals surface area contributed by atoms with Gasteiger partial charge in [-0.2, -0.15) is 0 Å². The fourth-order valence-corrected chi connectivity index (χ4v) is 3.61. The Morgan fingerprint density at radius 1 is 1.19 bits per heavy atom. The van der Waals surface area contributed by atoms with Crippen molar-refractivity contribution < 1.29 is 14.4 Å². The molecule has 0 bridgehead atoms. The van der Waals surface area contributed by atoms with E-state index >= 15 is 0 Å². The highest BCUT2D eigenvalue weighted by molar-refractivity contribution is 7.80. The van der Waals surface area contributed by atoms with E-state index in [4.69, 9.17) is 12.2 Å². The molecule has 0 aliphatic carbocycles. The van der Waals surface area contributed by atoms with E-state index in [0.29, 0.717) is 12.5 Å². The third-order valence-electron chi connectivity index (χ3n) is 4.90. The molecule has 1 aromatic carbocycles. The van der Waals surface area contributed by atoms with E-state index in [1.54, 1.807) is 4.90 Å². The lowest BCUT2D eigenvalue weighted by Gasteiger charge is -2.30. The summed E-state index contributed by atoms with van der Waals surface area (Å²) in [6, 6.07) is 11.2. The van der Waals surface area contributed by atoms with Gasteiger partial charge in [-0.1, -0.05) is 36.8 Å². The summed E-state index contributed by atoms with van der Waals surface area (Å²) in [5.74, 6) is -0.129. The first-order valence-electron chi connectivity index (χ1n) is 9.66. The van der Waals surface area contributed by atoms with E-state index in [1.807, 2.05) is 0 Å². The van der Waals surface area contributed by atoms with Crippen LogP contribution in [0.1, 0.15) is 44.1 Å². The lowest BCUT2D eigenvalue weighted by molar-refractivity contribution is -0.918. The molecule has 0 atom stereocenters. The van der Waals surface area contributed by atoms with Crippen LogP contribution in [-0.4, -0.2) is 43.9 Å². The highest BCUT2D eigenvalue weighted by atomic mass is 32.1. The number of rotatable bonds is 9. The highest BCUT2D eigenvalue weighted by Gasteiger charge is 2.22. The van der Waals surface area contributed by atoms with Crippen LogP contribution < -0.4 is 15.5 Å². The van der Waals surface area contributed by atoms with Crippen LogP contribution in [0.5, 0.6) is 0 Å². The van der Waals surface area contributed by atoms with E-state index in [1.165, 1.54) is 25.8 Å². The van der Waals surface area contributed by atoms with Gasteiger partial charge in [0, 0.05) is 37.4 Å². The summed E-state index contributed by atoms with van der Waals surface area (Å²) in [4.78, 5) is 12.7. The molecular formula is C20H32N3O2S+. The summed E-state index contributed by atoms with van der Waals surface area (Å²) in [6.07, 6.45) is 5.71. The van der Waals surface area contributed by atoms with Crippen LogP contribution in [0, 0.1) is 0 Å². The molecule has 26 heavy (non-hydrogen) atoms. The van der Waals surface area contributed by atoms with Gasteiger partial charge in [-0.3, -0.25) is 4.79 Å². The first-order valence-corrected chi connectivity index (χ1v) is 10.1. The van der Waals surface area contributed by atoms with Gasteiger partial charge < -0.3 is 20.3 Å². The average Bonchev–Trinajstić information content (AvgIpc) is 2.66. The second-order valence-electron chi connectivity index (χ2n) is 6.97. The van der Waals surface area contributed by atoms with Crippen LogP contribution in [-0.2, 0) is 16.1 Å². The molecule has 1 fully saturated rings. The maximum absolute atomic E-state index is 11.0. The maximum atomic E-state index is 11.0. The molecule has 1 aliphatic heterocycles. The minimum absolute atomic E-state index is 0.129. The molecule has 0 spiro atoms. The zero-order valence-electron chi connectivity index (χ0n) is 15.8. The molecule has 3 N–H and O–H groups in total. The van der Waals surface area contributed by atoms with Gasteiger partial charge in [-0.05, 0) is 25.1 Å². The summed E-state index contributed by atoms with van der Waals surface area (Å²) < 4.78 is 4.63. The summed E-state index contributed by atoms with van der Waals surface area (Å²) >= 11 is 5.40. The largest absolute Gasteiger partial charge is 0.469 e. The Balaban J connectivity index is 1.52. The standard InChI is InChI=1S/C20H31N3O2S/c1-25-19(24)10-6-3-7-13-21-20(26)22-18-11-14-23(15-12-18)16-17-8-4-2-5-9-17/h2,4-5,8-9,18H,3,6-7,10-16H2,1H3,(H2,21,22,26)/p+1. The normalized spacial score (nSPS) is 19.6. The van der Waals surface area contributed by atoms with Crippen LogP contribution in [0.25, 0.3) is 0 Å². The predicted octanol–water partition coefficient (Wildman–Crippen LogP) is 1.43. The molecule has 1 heterocycles. The van der Waals surface area contributed by atoms with Gasteiger partial charge >= 0.3 is 5.97 Å². The van der Waals surface area contributed by atoms with E-state index < -0.39 is 0 Å². The number of carbonyl (C=O) groups is 1. The highest BCUT2D eigenvalue weighted by Crippen LogP contribution is 2.02. The second kappa shape index (κ2) is 11.9. The zero-order valence-corrected chi connectivity index (χ0v) is 16.6. The third-order valence-corrected chi connectivity index (χ3v) is 5.16. The number of methoxy groups -OCH3 is 1. The SMILES string of the molecule is COC(=O)CCCCCNC(=S)NC1CC[NH+](Cc2ccccc2)CC1. The number of likely N-dealkylation sites (tertiary alicyclic amines) is 1. The number of thiocarbonyl (C=S) groups is 1. The molecule has 1 saturated heterocycles. The first kappa shape index (κ1) is 20.6. The average molecular weight is 379 g/mol. The Kier molecular flexibility index (Phi) is 9.42. The van der Waals surface area contributed by atoms with Gasteiger partial charge in [0.05, 0.1) is 20.2 Å². The molecule has 1 aliphatic rings. The minimum atomic E-state index is -0.129. The topological polar surface area (TPSA) is 54.8 Å². The minimum Gasteiger partial charge on any atom is -0.469 e. The number of unbranched alkanes of at least 4 members (excludes halogenated alkanes) is 2. The van der Waals surface area contributed by atoms with Gasteiger partial charge in [0.2, 0.25) is 0 Å². The number of benzene rings is 1. The van der Waals surface area contributed by atoms with Gasteiger partial charge in [0.15, 0.2) is 5.11 Å². The molecule has 0 aromatic heterocycles. The Hall–Kier alpha value is -1.66. The van der Waals surface area contributed by atoms with Crippen LogP contribution >= 0.6 is 12.2 Å². The van der Waals surface area contributed by atoms with Gasteiger partial charge in [-0.25, -0.2) is 0 Å². The fourth-order valence-electron chi connectivity index (χ4n) is 3.34. The number of carbonyl (C=O) groups excluding carboxylic acids is 1. The molecule has 0 amide bonds. The van der Waals surface area contributed by atoms with Crippen molar-refractivity contribution in [3.05, 3.63) is 35.9 Å². The van der Waals surface area contributed by atoms with Gasteiger partial charge in [-0.15, -0.1) is 0 Å². The monoisotopic (exact) mass is 378 g/mol. The fraction of sp³-hybridized carbons (Fsp3) is 0.600. The molecule has 0 radical (unpaired) electrons. The van der Waals surface area contributed by atoms with Crippen LogP contribution in [0.2, 0.25) is 0 Å². The summed E-state index contributed by atoms with van der Waals surface area (Å²) in [6.45, 7) is 4.33. The molecule has 6 heteroatoms. The summed E-state index contributed by atoms with van der Waals surface area (Å²) in [5.41, 5.74) is 1.42. The van der Waals surface area contributed by atoms with Crippen LogP contribution in [0.3, 0.4) is 0 Å². The molecule has 0 unspecified atom stereocenters. The van der Waals surface area contributed by atoms with Crippen molar-refractivity contribution >= 4 is 23.3 Å². The number of piperidine rings is 1. The molecule has 5 nitrogen and oxygen atoms in total. The maximum Gasteiger partial charge on any atom is 0.305 e. The van der Waals surface area contributed by atoms with Crippen molar-refractivity contribution in [1.82, 2.24) is 10.6 Å². The van der Waals surface area contributed by atoms with Crippen molar-refractivity contribution in [2.75, 3.05) is 26.7 Å². The third kappa shape index (κ3) is 8.15. The number of esters is 1. The van der Waals surface area contributed by atoms with Crippen molar-refractivity contribution in [2.24, 2.45) is 0 Å². The first-order chi connectivity index (χ1) is 12.7. The van der Waals surface area contributed by atoms with Crippen LogP contribution in [0.15, 0.2) is 30.3 Å². The quantitative estimate of drug-likeness (QED) is 0.345. The Labute approximate surface area is 162 Å².